The van der Waals surface area contributed by atoms with Crippen LogP contribution in [0.2, 0.25) is 0 Å². The maximum absolute atomic E-state index is 10.7. The third-order valence-corrected chi connectivity index (χ3v) is 5.15. The summed E-state index contributed by atoms with van der Waals surface area (Å²) in [5.41, 5.74) is 3.92. The number of fused-ring (bicyclic) bond motifs is 1. The summed E-state index contributed by atoms with van der Waals surface area (Å²) >= 11 is 0. The number of nitrogens with zero attached hydrogens (tertiary/aromatic N) is 1. The Kier molecular flexibility index (Phi) is 5.14. The van der Waals surface area contributed by atoms with Gasteiger partial charge in [-0.05, 0) is 23.3 Å². The second-order valence-electron chi connectivity index (χ2n) is 7.06. The standard InChI is InChI=1S/C22H24N2O2/c25-22-18(14-24-11-4-5-12-24)13-19(20-9-6-10-23-21(20)22)16-26-15-17-7-2-1-3-8-17/h1-3,6-10,13,25H,4-5,11-12,14-16H2/p+1. The summed E-state index contributed by atoms with van der Waals surface area (Å²) in [6, 6.07) is 16.2. The van der Waals surface area contributed by atoms with Crippen molar-refractivity contribution in [2.45, 2.75) is 32.6 Å². The Bertz CT molecular complexity index is 874. The van der Waals surface area contributed by atoms with Crippen LogP contribution in [0.3, 0.4) is 0 Å². The van der Waals surface area contributed by atoms with E-state index < -0.39 is 0 Å². The van der Waals surface area contributed by atoms with E-state index in [9.17, 15) is 5.11 Å². The number of aromatic hydroxyl groups is 1. The van der Waals surface area contributed by atoms with E-state index in [1.165, 1.54) is 30.8 Å². The van der Waals surface area contributed by atoms with E-state index in [1.54, 1.807) is 6.20 Å². The molecule has 1 saturated heterocycles. The highest BCUT2D eigenvalue weighted by molar-refractivity contribution is 5.88. The molecular formula is C22H25N2O2+. The lowest BCUT2D eigenvalue weighted by atomic mass is 10.0. The molecule has 0 saturated carbocycles. The highest BCUT2D eigenvalue weighted by atomic mass is 16.5. The van der Waals surface area contributed by atoms with Crippen LogP contribution in [0.1, 0.15) is 29.5 Å². The lowest BCUT2D eigenvalue weighted by Gasteiger charge is -2.16. The first-order valence-electron chi connectivity index (χ1n) is 9.35. The average Bonchev–Trinajstić information content (AvgIpc) is 3.19. The normalized spacial score (nSPS) is 14.9. The molecule has 0 aliphatic carbocycles. The van der Waals surface area contributed by atoms with Crippen molar-refractivity contribution in [1.29, 1.82) is 0 Å². The molecule has 4 rings (SSSR count). The minimum atomic E-state index is 0.326. The van der Waals surface area contributed by atoms with Gasteiger partial charge in [-0.2, -0.15) is 0 Å². The van der Waals surface area contributed by atoms with E-state index in [4.69, 9.17) is 4.74 Å². The number of pyridine rings is 1. The van der Waals surface area contributed by atoms with Crippen LogP contribution in [-0.2, 0) is 24.5 Å². The summed E-state index contributed by atoms with van der Waals surface area (Å²) in [6.07, 6.45) is 4.28. The van der Waals surface area contributed by atoms with Crippen molar-refractivity contribution in [3.63, 3.8) is 0 Å². The molecule has 0 spiro atoms. The molecule has 26 heavy (non-hydrogen) atoms. The maximum atomic E-state index is 10.7. The Morgan fingerprint density at radius 3 is 2.58 bits per heavy atom. The third kappa shape index (κ3) is 3.71. The summed E-state index contributed by atoms with van der Waals surface area (Å²) in [7, 11) is 0. The highest BCUT2D eigenvalue weighted by Crippen LogP contribution is 2.30. The molecule has 4 nitrogen and oxygen atoms in total. The Morgan fingerprint density at radius 1 is 0.962 bits per heavy atom. The monoisotopic (exact) mass is 349 g/mol. The number of quaternary nitrogens is 1. The maximum Gasteiger partial charge on any atom is 0.150 e. The summed E-state index contributed by atoms with van der Waals surface area (Å²) in [4.78, 5) is 5.96. The molecule has 4 heteroatoms. The molecular weight excluding hydrogens is 324 g/mol. The van der Waals surface area contributed by atoms with E-state index in [0.717, 1.165) is 28.6 Å². The van der Waals surface area contributed by atoms with Crippen LogP contribution in [0.15, 0.2) is 54.7 Å². The van der Waals surface area contributed by atoms with Gasteiger partial charge in [0.15, 0.2) is 5.75 Å². The Hall–Kier alpha value is -2.43. The van der Waals surface area contributed by atoms with Gasteiger partial charge in [0.1, 0.15) is 12.1 Å². The van der Waals surface area contributed by atoms with Crippen LogP contribution >= 0.6 is 0 Å². The first-order valence-corrected chi connectivity index (χ1v) is 9.35. The van der Waals surface area contributed by atoms with Crippen LogP contribution in [0.5, 0.6) is 5.75 Å². The van der Waals surface area contributed by atoms with Crippen molar-refractivity contribution in [2.75, 3.05) is 13.1 Å². The number of phenolic OH excluding ortho intramolecular Hbond substituents is 1. The molecule has 0 atom stereocenters. The summed E-state index contributed by atoms with van der Waals surface area (Å²) < 4.78 is 5.96. The lowest BCUT2D eigenvalue weighted by Crippen LogP contribution is -3.08. The molecule has 0 amide bonds. The van der Waals surface area contributed by atoms with Gasteiger partial charge in [-0.25, -0.2) is 0 Å². The average molecular weight is 349 g/mol. The van der Waals surface area contributed by atoms with Crippen molar-refractivity contribution in [2.24, 2.45) is 0 Å². The second kappa shape index (κ2) is 7.85. The molecule has 0 bridgehead atoms. The molecule has 2 aromatic carbocycles. The van der Waals surface area contributed by atoms with E-state index in [0.29, 0.717) is 24.5 Å². The molecule has 3 aromatic rings. The van der Waals surface area contributed by atoms with Gasteiger partial charge in [0.2, 0.25) is 0 Å². The summed E-state index contributed by atoms with van der Waals surface area (Å²) in [5, 5.41) is 11.7. The molecule has 2 heterocycles. The first-order chi connectivity index (χ1) is 12.8. The number of ether oxygens (including phenoxy) is 1. The Labute approximate surface area is 154 Å². The highest BCUT2D eigenvalue weighted by Gasteiger charge is 2.20. The molecule has 1 aromatic heterocycles. The first kappa shape index (κ1) is 17.0. The lowest BCUT2D eigenvalue weighted by molar-refractivity contribution is -0.901. The largest absolute Gasteiger partial charge is 0.505 e. The zero-order chi connectivity index (χ0) is 17.8. The zero-order valence-electron chi connectivity index (χ0n) is 14.9. The van der Waals surface area contributed by atoms with Gasteiger partial charge in [-0.15, -0.1) is 0 Å². The summed E-state index contributed by atoms with van der Waals surface area (Å²) in [5.74, 6) is 0.326. The van der Waals surface area contributed by atoms with Gasteiger partial charge in [0.25, 0.3) is 0 Å². The predicted molar refractivity (Wildman–Crippen MR) is 102 cm³/mol. The van der Waals surface area contributed by atoms with Crippen molar-refractivity contribution >= 4 is 10.9 Å². The topological polar surface area (TPSA) is 46.8 Å². The Morgan fingerprint density at radius 2 is 1.77 bits per heavy atom. The van der Waals surface area contributed by atoms with Crippen LogP contribution < -0.4 is 4.90 Å². The Balaban J connectivity index is 1.58. The fraction of sp³-hybridized carbons (Fsp3) is 0.318. The fourth-order valence-electron chi connectivity index (χ4n) is 3.79. The predicted octanol–water partition coefficient (Wildman–Crippen LogP) is 2.84. The van der Waals surface area contributed by atoms with E-state index in [1.807, 2.05) is 30.3 Å². The van der Waals surface area contributed by atoms with E-state index in [-0.39, 0.29) is 0 Å². The van der Waals surface area contributed by atoms with Crippen LogP contribution in [0.25, 0.3) is 10.9 Å². The molecule has 1 aliphatic heterocycles. The van der Waals surface area contributed by atoms with Gasteiger partial charge in [0.05, 0.1) is 31.9 Å². The number of rotatable bonds is 6. The minimum absolute atomic E-state index is 0.326. The van der Waals surface area contributed by atoms with Crippen LogP contribution in [0, 0.1) is 0 Å². The zero-order valence-corrected chi connectivity index (χ0v) is 14.9. The van der Waals surface area contributed by atoms with Crippen molar-refractivity contribution in [3.8, 4) is 5.75 Å². The number of phenols is 1. The van der Waals surface area contributed by atoms with Crippen LogP contribution in [-0.4, -0.2) is 23.2 Å². The third-order valence-electron chi connectivity index (χ3n) is 5.15. The smallest absolute Gasteiger partial charge is 0.150 e. The number of nitrogens with one attached hydrogen (secondary N) is 1. The number of hydrogen-bond acceptors (Lipinski definition) is 3. The molecule has 0 radical (unpaired) electrons. The molecule has 0 unspecified atom stereocenters. The number of benzene rings is 2. The molecule has 2 N–H and O–H groups in total. The van der Waals surface area contributed by atoms with Crippen molar-refractivity contribution < 1.29 is 14.7 Å². The van der Waals surface area contributed by atoms with Gasteiger partial charge in [0, 0.05) is 24.4 Å². The van der Waals surface area contributed by atoms with Gasteiger partial charge >= 0.3 is 0 Å². The van der Waals surface area contributed by atoms with Crippen LogP contribution in [0.4, 0.5) is 0 Å². The minimum Gasteiger partial charge on any atom is -0.505 e. The number of aromatic nitrogens is 1. The second-order valence-corrected chi connectivity index (χ2v) is 7.06. The SMILES string of the molecule is Oc1c(C[NH+]2CCCC2)cc(COCc2ccccc2)c2cccnc12. The quantitative estimate of drug-likeness (QED) is 0.719. The van der Waals surface area contributed by atoms with Gasteiger partial charge < -0.3 is 14.7 Å². The van der Waals surface area contributed by atoms with Crippen molar-refractivity contribution in [1.82, 2.24) is 4.98 Å². The molecule has 1 aliphatic rings. The summed E-state index contributed by atoms with van der Waals surface area (Å²) in [6.45, 7) is 4.30. The van der Waals surface area contributed by atoms with Gasteiger partial charge in [-0.3, -0.25) is 4.98 Å². The molecule has 134 valence electrons. The number of likely N-dealkylation sites (tertiary alicyclic amines) is 1. The van der Waals surface area contributed by atoms with Gasteiger partial charge in [-0.1, -0.05) is 36.4 Å². The number of hydrogen-bond donors (Lipinski definition) is 2. The van der Waals surface area contributed by atoms with E-state index in [2.05, 4.69) is 23.2 Å². The van der Waals surface area contributed by atoms with Crippen molar-refractivity contribution in [3.05, 3.63) is 71.4 Å². The molecule has 1 fully saturated rings. The fourth-order valence-corrected chi connectivity index (χ4v) is 3.79. The van der Waals surface area contributed by atoms with E-state index >= 15 is 0 Å².